The number of nitrogens with zero attached hydrogens (tertiary/aromatic N) is 3. The number of pyridine rings is 3. The maximum absolute atomic E-state index is 14.4. The summed E-state index contributed by atoms with van der Waals surface area (Å²) in [5, 5.41) is -0.976. The molecule has 28 heavy (non-hydrogen) atoms. The molecule has 0 aromatic carbocycles. The van der Waals surface area contributed by atoms with Gasteiger partial charge in [0, 0.05) is 12.3 Å². The Bertz CT molecular complexity index is 1170. The molecule has 0 amide bonds. The van der Waals surface area contributed by atoms with Gasteiger partial charge in [-0.2, -0.15) is 4.98 Å². The third-order valence-corrected chi connectivity index (χ3v) is 3.95. The lowest BCUT2D eigenvalue weighted by Gasteiger charge is -2.14. The molecule has 3 rings (SSSR count). The van der Waals surface area contributed by atoms with Crippen molar-refractivity contribution in [1.29, 1.82) is 0 Å². The molecule has 3 heterocycles. The molecule has 3 aromatic rings. The maximum atomic E-state index is 14.4. The molecule has 0 aliphatic rings. The molecule has 3 aromatic heterocycles. The summed E-state index contributed by atoms with van der Waals surface area (Å²) < 4.78 is 52.4. The monoisotopic (exact) mass is 413 g/mol. The Kier molecular flexibility index (Phi) is 5.23. The first-order valence-electron chi connectivity index (χ1n) is 7.77. The molecule has 11 heteroatoms. The Hall–Kier alpha value is -3.14. The zero-order valence-corrected chi connectivity index (χ0v) is 15.2. The van der Waals surface area contributed by atoms with E-state index in [1.54, 1.807) is 0 Å². The highest BCUT2D eigenvalue weighted by Gasteiger charge is 2.23. The standard InChI is InChI=1S/C17H11ClF3N3O4/c1-3-28-17(26)8-6-24(15-10(20)5-11(21)16(23-15)27-2)14-7(12(8)25)4-9(19)13(18)22-14/h4-6H,3H2,1-2H3. The van der Waals surface area contributed by atoms with Gasteiger partial charge in [0.25, 0.3) is 5.88 Å². The lowest BCUT2D eigenvalue weighted by atomic mass is 10.2. The third-order valence-electron chi connectivity index (χ3n) is 3.68. The minimum atomic E-state index is -1.15. The molecule has 0 fully saturated rings. The van der Waals surface area contributed by atoms with Crippen molar-refractivity contribution in [1.82, 2.24) is 14.5 Å². The first-order valence-corrected chi connectivity index (χ1v) is 8.15. The number of rotatable bonds is 4. The molecule has 0 atom stereocenters. The number of aromatic nitrogens is 3. The van der Waals surface area contributed by atoms with Crippen LogP contribution in [0.25, 0.3) is 16.9 Å². The summed E-state index contributed by atoms with van der Waals surface area (Å²) in [4.78, 5) is 32.2. The van der Waals surface area contributed by atoms with Crippen molar-refractivity contribution in [2.45, 2.75) is 6.92 Å². The second-order valence-corrected chi connectivity index (χ2v) is 5.74. The van der Waals surface area contributed by atoms with Crippen LogP contribution in [0.1, 0.15) is 17.3 Å². The highest BCUT2D eigenvalue weighted by atomic mass is 35.5. The number of carbonyl (C=O) groups excluding carboxylic acids is 1. The summed E-state index contributed by atoms with van der Waals surface area (Å²) in [5.41, 5.74) is -1.73. The predicted octanol–water partition coefficient (Wildman–Crippen LogP) is 3.04. The Morgan fingerprint density at radius 2 is 1.89 bits per heavy atom. The van der Waals surface area contributed by atoms with Crippen LogP contribution in [0.3, 0.4) is 0 Å². The topological polar surface area (TPSA) is 83.3 Å². The van der Waals surface area contributed by atoms with Gasteiger partial charge in [0.2, 0.25) is 5.43 Å². The number of fused-ring (bicyclic) bond motifs is 1. The van der Waals surface area contributed by atoms with Gasteiger partial charge in [-0.15, -0.1) is 0 Å². The molecule has 0 unspecified atom stereocenters. The van der Waals surface area contributed by atoms with Crippen LogP contribution >= 0.6 is 11.6 Å². The van der Waals surface area contributed by atoms with Gasteiger partial charge in [0.15, 0.2) is 34.1 Å². The van der Waals surface area contributed by atoms with Crippen LogP contribution in [0.15, 0.2) is 23.1 Å². The number of carbonyl (C=O) groups is 1. The van der Waals surface area contributed by atoms with Crippen LogP contribution in [0, 0.1) is 17.5 Å². The zero-order valence-electron chi connectivity index (χ0n) is 14.4. The fourth-order valence-electron chi connectivity index (χ4n) is 2.47. The van der Waals surface area contributed by atoms with Crippen LogP contribution < -0.4 is 10.2 Å². The molecule has 0 saturated heterocycles. The SMILES string of the molecule is CCOC(=O)c1cn(-c2nc(OC)c(F)cc2F)c2nc(Cl)c(F)cc2c1=O. The average molecular weight is 414 g/mol. The molecule has 7 nitrogen and oxygen atoms in total. The van der Waals surface area contributed by atoms with Crippen LogP contribution in [0.2, 0.25) is 5.15 Å². The Morgan fingerprint density at radius 3 is 2.54 bits per heavy atom. The van der Waals surface area contributed by atoms with Gasteiger partial charge in [-0.3, -0.25) is 9.36 Å². The second-order valence-electron chi connectivity index (χ2n) is 5.38. The molecular formula is C17H11ClF3N3O4. The van der Waals surface area contributed by atoms with Gasteiger partial charge in [0.05, 0.1) is 19.1 Å². The third kappa shape index (κ3) is 3.26. The molecule has 0 N–H and O–H groups in total. The number of ether oxygens (including phenoxy) is 2. The van der Waals surface area contributed by atoms with Gasteiger partial charge < -0.3 is 9.47 Å². The van der Waals surface area contributed by atoms with Crippen molar-refractivity contribution in [3.05, 3.63) is 56.7 Å². The summed E-state index contributed by atoms with van der Waals surface area (Å²) in [7, 11) is 1.12. The molecule has 0 aliphatic heterocycles. The predicted molar refractivity (Wildman–Crippen MR) is 92.5 cm³/mol. The van der Waals surface area contributed by atoms with Crippen molar-refractivity contribution >= 4 is 28.6 Å². The Labute approximate surface area is 160 Å². The van der Waals surface area contributed by atoms with Crippen LogP contribution in [-0.4, -0.2) is 34.2 Å². The van der Waals surface area contributed by atoms with E-state index >= 15 is 0 Å². The Morgan fingerprint density at radius 1 is 1.18 bits per heavy atom. The normalized spacial score (nSPS) is 10.9. The highest BCUT2D eigenvalue weighted by Crippen LogP contribution is 2.24. The van der Waals surface area contributed by atoms with E-state index in [-0.39, 0.29) is 17.6 Å². The van der Waals surface area contributed by atoms with Crippen molar-refractivity contribution < 1.29 is 27.4 Å². The molecule has 0 saturated carbocycles. The summed E-state index contributed by atoms with van der Waals surface area (Å²) in [5.74, 6) is -5.37. The minimum Gasteiger partial charge on any atom is -0.479 e. The number of hydrogen-bond acceptors (Lipinski definition) is 6. The van der Waals surface area contributed by atoms with Gasteiger partial charge in [-0.05, 0) is 13.0 Å². The van der Waals surface area contributed by atoms with Crippen LogP contribution in [0.4, 0.5) is 13.2 Å². The van der Waals surface area contributed by atoms with Crippen LogP contribution in [-0.2, 0) is 4.74 Å². The number of esters is 1. The molecular weight excluding hydrogens is 403 g/mol. The molecule has 0 spiro atoms. The van der Waals surface area contributed by atoms with E-state index in [0.717, 1.165) is 23.9 Å². The summed E-state index contributed by atoms with van der Waals surface area (Å²) >= 11 is 5.68. The van der Waals surface area contributed by atoms with Crippen molar-refractivity contribution in [2.24, 2.45) is 0 Å². The van der Waals surface area contributed by atoms with E-state index in [4.69, 9.17) is 21.1 Å². The van der Waals surface area contributed by atoms with E-state index in [2.05, 4.69) is 9.97 Å². The molecule has 0 radical (unpaired) electrons. The molecule has 146 valence electrons. The summed E-state index contributed by atoms with van der Waals surface area (Å²) in [6.07, 6.45) is 0.909. The van der Waals surface area contributed by atoms with Gasteiger partial charge in [-0.25, -0.2) is 22.9 Å². The number of hydrogen-bond donors (Lipinski definition) is 0. The van der Waals surface area contributed by atoms with Gasteiger partial charge >= 0.3 is 5.97 Å². The summed E-state index contributed by atoms with van der Waals surface area (Å²) in [6.45, 7) is 1.48. The fourth-order valence-corrected chi connectivity index (χ4v) is 2.61. The van der Waals surface area contributed by atoms with Crippen LogP contribution in [0.5, 0.6) is 5.88 Å². The fraction of sp³-hybridized carbons (Fsp3) is 0.176. The quantitative estimate of drug-likeness (QED) is 0.483. The van der Waals surface area contributed by atoms with Crippen molar-refractivity contribution in [3.8, 4) is 11.7 Å². The van der Waals surface area contributed by atoms with Gasteiger partial charge in [-0.1, -0.05) is 11.6 Å². The second kappa shape index (κ2) is 7.47. The molecule has 0 bridgehead atoms. The maximum Gasteiger partial charge on any atom is 0.343 e. The highest BCUT2D eigenvalue weighted by molar-refractivity contribution is 6.29. The van der Waals surface area contributed by atoms with Crippen molar-refractivity contribution in [2.75, 3.05) is 13.7 Å². The largest absolute Gasteiger partial charge is 0.479 e. The van der Waals surface area contributed by atoms with E-state index in [1.807, 2.05) is 0 Å². The zero-order chi connectivity index (χ0) is 20.6. The lowest BCUT2D eigenvalue weighted by molar-refractivity contribution is 0.0524. The minimum absolute atomic E-state index is 0.0411. The smallest absolute Gasteiger partial charge is 0.343 e. The number of methoxy groups -OCH3 is 1. The first-order chi connectivity index (χ1) is 13.3. The molecule has 0 aliphatic carbocycles. The summed E-state index contributed by atoms with van der Waals surface area (Å²) in [6, 6.07) is 1.26. The van der Waals surface area contributed by atoms with E-state index in [9.17, 15) is 22.8 Å². The lowest BCUT2D eigenvalue weighted by Crippen LogP contribution is -2.22. The average Bonchev–Trinajstić information content (AvgIpc) is 2.64. The Balaban J connectivity index is 2.45. The van der Waals surface area contributed by atoms with E-state index < -0.39 is 51.3 Å². The van der Waals surface area contributed by atoms with Gasteiger partial charge in [0.1, 0.15) is 5.56 Å². The number of halogens is 4. The first kappa shape index (κ1) is 19.6. The van der Waals surface area contributed by atoms with E-state index in [1.165, 1.54) is 6.92 Å². The van der Waals surface area contributed by atoms with E-state index in [0.29, 0.717) is 6.07 Å². The van der Waals surface area contributed by atoms with Crippen molar-refractivity contribution in [3.63, 3.8) is 0 Å².